The lowest BCUT2D eigenvalue weighted by atomic mass is 10.0. The zero-order valence-electron chi connectivity index (χ0n) is 27.0. The second-order valence-electron chi connectivity index (χ2n) is 12.2. The maximum Gasteiger partial charge on any atom is 0.274 e. The number of aryl methyl sites for hydroxylation is 1. The highest BCUT2D eigenvalue weighted by Gasteiger charge is 2.30. The van der Waals surface area contributed by atoms with E-state index in [-0.39, 0.29) is 73.6 Å². The zero-order chi connectivity index (χ0) is 33.5. The van der Waals surface area contributed by atoms with Gasteiger partial charge in [-0.3, -0.25) is 28.7 Å². The number of hydrogen-bond donors (Lipinski definition) is 4. The molecule has 2 aliphatic heterocycles. The highest BCUT2D eigenvalue weighted by Crippen LogP contribution is 2.21. The van der Waals surface area contributed by atoms with E-state index in [0.29, 0.717) is 49.8 Å². The third-order valence-corrected chi connectivity index (χ3v) is 8.16. The van der Waals surface area contributed by atoms with Crippen LogP contribution in [0.1, 0.15) is 77.3 Å². The fourth-order valence-corrected chi connectivity index (χ4v) is 5.76. The van der Waals surface area contributed by atoms with Crippen molar-refractivity contribution >= 4 is 29.5 Å². The SMILES string of the molecule is Cc1nc2n(n1)CC(=O)NCCCN(C(=O)c1cc3n(n1)CCNC3=O)CCCC(=O)N[C@H](Cc1ccccc1)C(=O)N[C@H]2C(C)C. The molecule has 0 unspecified atom stereocenters. The monoisotopic (exact) mass is 646 g/mol. The normalized spacial score (nSPS) is 20.2. The van der Waals surface area contributed by atoms with Crippen molar-refractivity contribution in [2.45, 2.75) is 71.6 Å². The summed E-state index contributed by atoms with van der Waals surface area (Å²) in [6.45, 7) is 7.20. The molecule has 0 radical (unpaired) electrons. The minimum atomic E-state index is -0.883. The number of benzene rings is 1. The summed E-state index contributed by atoms with van der Waals surface area (Å²) in [6, 6.07) is 9.44. The summed E-state index contributed by atoms with van der Waals surface area (Å²) in [5.74, 6) is -0.848. The van der Waals surface area contributed by atoms with Gasteiger partial charge in [0.1, 0.15) is 24.1 Å². The Morgan fingerprint density at radius 2 is 1.68 bits per heavy atom. The van der Waals surface area contributed by atoms with E-state index in [1.165, 1.54) is 15.4 Å². The van der Waals surface area contributed by atoms with Gasteiger partial charge in [0.2, 0.25) is 17.7 Å². The Morgan fingerprint density at radius 3 is 2.43 bits per heavy atom. The van der Waals surface area contributed by atoms with Crippen LogP contribution in [0, 0.1) is 12.8 Å². The fraction of sp³-hybridized carbons (Fsp3) is 0.500. The molecule has 3 aromatic rings. The van der Waals surface area contributed by atoms with Gasteiger partial charge >= 0.3 is 0 Å². The van der Waals surface area contributed by atoms with Gasteiger partial charge in [-0.15, -0.1) is 0 Å². The van der Waals surface area contributed by atoms with Gasteiger partial charge in [-0.1, -0.05) is 44.2 Å². The lowest BCUT2D eigenvalue weighted by Gasteiger charge is -2.26. The zero-order valence-corrected chi connectivity index (χ0v) is 27.0. The average Bonchev–Trinajstić information content (AvgIpc) is 3.64. The highest BCUT2D eigenvalue weighted by molar-refractivity contribution is 5.98. The van der Waals surface area contributed by atoms with Gasteiger partial charge in [-0.05, 0) is 31.2 Å². The Morgan fingerprint density at radius 1 is 0.915 bits per heavy atom. The van der Waals surface area contributed by atoms with Crippen LogP contribution in [-0.4, -0.2) is 91.2 Å². The molecule has 15 heteroatoms. The van der Waals surface area contributed by atoms with Gasteiger partial charge in [-0.2, -0.15) is 10.2 Å². The number of rotatable bonds is 4. The number of carbonyl (C=O) groups excluding carboxylic acids is 5. The quantitative estimate of drug-likeness (QED) is 0.316. The Balaban J connectivity index is 1.39. The summed E-state index contributed by atoms with van der Waals surface area (Å²) in [6.07, 6.45) is 1.11. The molecule has 2 atom stereocenters. The van der Waals surface area contributed by atoms with Gasteiger partial charge in [0.25, 0.3) is 11.8 Å². The summed E-state index contributed by atoms with van der Waals surface area (Å²) in [5.41, 5.74) is 1.33. The predicted molar refractivity (Wildman–Crippen MR) is 170 cm³/mol. The number of nitrogens with one attached hydrogen (secondary N) is 4. The largest absolute Gasteiger partial charge is 0.354 e. The van der Waals surface area contributed by atoms with Crippen molar-refractivity contribution < 1.29 is 24.0 Å². The number of nitrogens with zero attached hydrogens (tertiary/aromatic N) is 6. The molecule has 15 nitrogen and oxygen atoms in total. The lowest BCUT2D eigenvalue weighted by molar-refractivity contribution is -0.129. The summed E-state index contributed by atoms with van der Waals surface area (Å²) in [4.78, 5) is 72.0. The molecule has 0 fully saturated rings. The molecule has 4 N–H and O–H groups in total. The van der Waals surface area contributed by atoms with E-state index in [9.17, 15) is 24.0 Å². The molecule has 0 spiro atoms. The molecule has 1 aromatic carbocycles. The third kappa shape index (κ3) is 8.40. The molecule has 0 saturated carbocycles. The van der Waals surface area contributed by atoms with Crippen molar-refractivity contribution in [1.82, 2.24) is 50.7 Å². The van der Waals surface area contributed by atoms with Crippen LogP contribution in [0.3, 0.4) is 0 Å². The van der Waals surface area contributed by atoms with Gasteiger partial charge in [-0.25, -0.2) is 9.67 Å². The summed E-state index contributed by atoms with van der Waals surface area (Å²) < 4.78 is 3.01. The average molecular weight is 647 g/mol. The van der Waals surface area contributed by atoms with E-state index < -0.39 is 12.1 Å². The molecule has 5 rings (SSSR count). The summed E-state index contributed by atoms with van der Waals surface area (Å²) in [5, 5.41) is 20.4. The van der Waals surface area contributed by atoms with Crippen molar-refractivity contribution in [2.24, 2.45) is 5.92 Å². The highest BCUT2D eigenvalue weighted by atomic mass is 16.2. The van der Waals surface area contributed by atoms with E-state index in [1.807, 2.05) is 44.2 Å². The molecular weight excluding hydrogens is 604 g/mol. The minimum absolute atomic E-state index is 0.0717. The van der Waals surface area contributed by atoms with Crippen LogP contribution in [0.2, 0.25) is 0 Å². The van der Waals surface area contributed by atoms with Crippen LogP contribution < -0.4 is 21.3 Å². The smallest absolute Gasteiger partial charge is 0.274 e. The molecule has 0 aliphatic carbocycles. The summed E-state index contributed by atoms with van der Waals surface area (Å²) in [7, 11) is 0. The second-order valence-corrected chi connectivity index (χ2v) is 12.2. The van der Waals surface area contributed by atoms with Crippen molar-refractivity contribution in [1.29, 1.82) is 0 Å². The Hall–Kier alpha value is -5.08. The predicted octanol–water partition coefficient (Wildman–Crippen LogP) is 0.510. The van der Waals surface area contributed by atoms with E-state index >= 15 is 0 Å². The Labute approximate surface area is 272 Å². The van der Waals surface area contributed by atoms with Crippen LogP contribution in [0.5, 0.6) is 0 Å². The number of carbonyl (C=O) groups is 5. The first-order chi connectivity index (χ1) is 22.6. The van der Waals surface area contributed by atoms with Gasteiger partial charge in [0, 0.05) is 45.1 Å². The molecule has 2 aromatic heterocycles. The molecule has 5 amide bonds. The molecule has 4 heterocycles. The number of aromatic nitrogens is 5. The molecular formula is C32H42N10O5. The van der Waals surface area contributed by atoms with Crippen LogP contribution in [-0.2, 0) is 33.9 Å². The standard InChI is InChI=1S/C32H42N10O5/c1-20(2)28-29-35-21(3)38-42(29)19-27(44)33-12-8-15-40(32(47)24-18-25-31(46)34-13-16-41(25)39-24)14-7-11-26(43)36-23(30(45)37-28)17-22-9-5-4-6-10-22/h4-6,9-10,18,20,23,28H,7-8,11-17,19H2,1-3H3,(H,33,44)(H,34,46)(H,36,43)(H,37,45)/t23-,28+/m1/s1. The lowest BCUT2D eigenvalue weighted by Crippen LogP contribution is -2.50. The fourth-order valence-electron chi connectivity index (χ4n) is 5.76. The van der Waals surface area contributed by atoms with E-state index in [4.69, 9.17) is 0 Å². The summed E-state index contributed by atoms with van der Waals surface area (Å²) >= 11 is 0. The minimum Gasteiger partial charge on any atom is -0.354 e. The van der Waals surface area contributed by atoms with Crippen LogP contribution in [0.15, 0.2) is 36.4 Å². The van der Waals surface area contributed by atoms with Crippen molar-refractivity contribution in [3.05, 3.63) is 65.0 Å². The maximum absolute atomic E-state index is 13.8. The molecule has 0 bridgehead atoms. The number of fused-ring (bicyclic) bond motifs is 2. The first-order valence-electron chi connectivity index (χ1n) is 16.1. The first kappa shape index (κ1) is 33.3. The van der Waals surface area contributed by atoms with E-state index in [2.05, 4.69) is 36.4 Å². The van der Waals surface area contributed by atoms with Gasteiger partial charge < -0.3 is 26.2 Å². The van der Waals surface area contributed by atoms with E-state index in [0.717, 1.165) is 5.56 Å². The van der Waals surface area contributed by atoms with Gasteiger partial charge in [0.15, 0.2) is 11.5 Å². The topological polar surface area (TPSA) is 185 Å². The van der Waals surface area contributed by atoms with Crippen molar-refractivity contribution in [2.75, 3.05) is 26.2 Å². The maximum atomic E-state index is 13.8. The molecule has 0 saturated heterocycles. The Bertz CT molecular complexity index is 1620. The van der Waals surface area contributed by atoms with Crippen LogP contribution in [0.4, 0.5) is 0 Å². The third-order valence-electron chi connectivity index (χ3n) is 8.16. The first-order valence-corrected chi connectivity index (χ1v) is 16.1. The molecule has 2 aliphatic rings. The van der Waals surface area contributed by atoms with Crippen molar-refractivity contribution in [3.63, 3.8) is 0 Å². The van der Waals surface area contributed by atoms with Crippen molar-refractivity contribution in [3.8, 4) is 0 Å². The molecule has 47 heavy (non-hydrogen) atoms. The van der Waals surface area contributed by atoms with Gasteiger partial charge in [0.05, 0.1) is 12.6 Å². The molecule has 250 valence electrons. The number of hydrogen-bond acceptors (Lipinski definition) is 8. The number of amides is 5. The van der Waals surface area contributed by atoms with Crippen LogP contribution >= 0.6 is 0 Å². The van der Waals surface area contributed by atoms with E-state index in [1.54, 1.807) is 11.8 Å². The Kier molecular flexibility index (Phi) is 10.6. The second kappa shape index (κ2) is 15.0. The van der Waals surface area contributed by atoms with Crippen LogP contribution in [0.25, 0.3) is 0 Å².